The maximum atomic E-state index is 5.68. The molecule has 9 nitrogen and oxygen atoms in total. The molecule has 4 aromatic rings. The SMILES string of the molecule is CCc1cc(Nc2ccnc(N3CCCC3c3cc(-c4ccccn4)no3)n2)n[nH]1. The zero-order valence-corrected chi connectivity index (χ0v) is 16.6. The van der Waals surface area contributed by atoms with Crippen LogP contribution in [0.3, 0.4) is 0 Å². The third-order valence-electron chi connectivity index (χ3n) is 5.20. The number of aryl methyl sites for hydroxylation is 1. The molecule has 1 fully saturated rings. The lowest BCUT2D eigenvalue weighted by atomic mass is 10.1. The average Bonchev–Trinajstić information content (AvgIpc) is 3.54. The summed E-state index contributed by atoms with van der Waals surface area (Å²) in [6, 6.07) is 11.6. The number of nitrogens with one attached hydrogen (secondary N) is 2. The molecule has 4 aromatic heterocycles. The summed E-state index contributed by atoms with van der Waals surface area (Å²) in [7, 11) is 0. The predicted molar refractivity (Wildman–Crippen MR) is 112 cm³/mol. The maximum absolute atomic E-state index is 5.68. The van der Waals surface area contributed by atoms with E-state index in [-0.39, 0.29) is 6.04 Å². The highest BCUT2D eigenvalue weighted by atomic mass is 16.5. The van der Waals surface area contributed by atoms with E-state index < -0.39 is 0 Å². The van der Waals surface area contributed by atoms with Crippen LogP contribution in [0, 0.1) is 0 Å². The molecule has 0 aromatic carbocycles. The summed E-state index contributed by atoms with van der Waals surface area (Å²) in [5.41, 5.74) is 2.60. The molecule has 1 unspecified atom stereocenters. The van der Waals surface area contributed by atoms with Crippen LogP contribution >= 0.6 is 0 Å². The number of nitrogens with zero attached hydrogens (tertiary/aromatic N) is 6. The van der Waals surface area contributed by atoms with Gasteiger partial charge in [0, 0.05) is 36.8 Å². The summed E-state index contributed by atoms with van der Waals surface area (Å²) in [6.07, 6.45) is 6.40. The lowest BCUT2D eigenvalue weighted by Crippen LogP contribution is -2.24. The zero-order chi connectivity index (χ0) is 20.3. The standard InChI is InChI=1S/C21H22N8O/c1-2-14-12-20(27-26-14)24-19-8-10-23-21(25-19)29-11-5-7-17(29)18-13-16(28-30-18)15-6-3-4-9-22-15/h3-4,6,8-10,12-13,17H,2,5,7,11H2,1H3,(H2,23,24,25,26,27). The number of rotatable bonds is 6. The molecule has 0 saturated carbocycles. The molecule has 30 heavy (non-hydrogen) atoms. The molecule has 0 spiro atoms. The van der Waals surface area contributed by atoms with Crippen molar-refractivity contribution >= 4 is 17.6 Å². The Morgan fingerprint density at radius 1 is 1.13 bits per heavy atom. The van der Waals surface area contributed by atoms with E-state index in [2.05, 4.69) is 42.5 Å². The van der Waals surface area contributed by atoms with E-state index in [9.17, 15) is 0 Å². The second kappa shape index (κ2) is 7.94. The highest BCUT2D eigenvalue weighted by Crippen LogP contribution is 2.36. The van der Waals surface area contributed by atoms with Crippen LogP contribution in [-0.4, -0.2) is 36.9 Å². The van der Waals surface area contributed by atoms with Gasteiger partial charge in [-0.2, -0.15) is 10.1 Å². The van der Waals surface area contributed by atoms with Crippen LogP contribution < -0.4 is 10.2 Å². The lowest BCUT2D eigenvalue weighted by Gasteiger charge is -2.22. The number of anilines is 3. The third kappa shape index (κ3) is 3.61. The highest BCUT2D eigenvalue weighted by molar-refractivity contribution is 5.55. The van der Waals surface area contributed by atoms with Gasteiger partial charge in [0.1, 0.15) is 11.5 Å². The summed E-state index contributed by atoms with van der Waals surface area (Å²) in [6.45, 7) is 2.94. The Balaban J connectivity index is 1.37. The summed E-state index contributed by atoms with van der Waals surface area (Å²) >= 11 is 0. The monoisotopic (exact) mass is 402 g/mol. The number of aromatic nitrogens is 6. The van der Waals surface area contributed by atoms with Crippen LogP contribution in [0.2, 0.25) is 0 Å². The van der Waals surface area contributed by atoms with Crippen molar-refractivity contribution in [3.63, 3.8) is 0 Å². The molecule has 0 bridgehead atoms. The Bertz CT molecular complexity index is 1120. The van der Waals surface area contributed by atoms with Gasteiger partial charge in [0.25, 0.3) is 0 Å². The van der Waals surface area contributed by atoms with E-state index in [1.807, 2.05) is 36.4 Å². The van der Waals surface area contributed by atoms with Crippen LogP contribution in [0.4, 0.5) is 17.6 Å². The molecule has 152 valence electrons. The summed E-state index contributed by atoms with van der Waals surface area (Å²) in [4.78, 5) is 15.7. The molecule has 5 rings (SSSR count). The number of hydrogen-bond donors (Lipinski definition) is 2. The molecule has 2 N–H and O–H groups in total. The number of H-pyrrole nitrogens is 1. The summed E-state index contributed by atoms with van der Waals surface area (Å²) < 4.78 is 5.68. The minimum absolute atomic E-state index is 0.0438. The second-order valence-electron chi connectivity index (χ2n) is 7.18. The van der Waals surface area contributed by atoms with Crippen molar-refractivity contribution in [1.29, 1.82) is 0 Å². The Labute approximate surface area is 173 Å². The van der Waals surface area contributed by atoms with Crippen molar-refractivity contribution in [2.45, 2.75) is 32.2 Å². The van der Waals surface area contributed by atoms with Gasteiger partial charge in [0.2, 0.25) is 5.95 Å². The van der Waals surface area contributed by atoms with Crippen molar-refractivity contribution < 1.29 is 4.52 Å². The average molecular weight is 402 g/mol. The van der Waals surface area contributed by atoms with Gasteiger partial charge in [-0.1, -0.05) is 18.1 Å². The number of aromatic amines is 1. The fraction of sp³-hybridized carbons (Fsp3) is 0.286. The van der Waals surface area contributed by atoms with E-state index in [0.717, 1.165) is 54.5 Å². The zero-order valence-electron chi connectivity index (χ0n) is 16.6. The van der Waals surface area contributed by atoms with E-state index in [0.29, 0.717) is 11.8 Å². The molecule has 1 aliphatic heterocycles. The van der Waals surface area contributed by atoms with E-state index >= 15 is 0 Å². The molecule has 9 heteroatoms. The van der Waals surface area contributed by atoms with Crippen molar-refractivity contribution in [2.24, 2.45) is 0 Å². The maximum Gasteiger partial charge on any atom is 0.227 e. The normalized spacial score (nSPS) is 16.2. The predicted octanol–water partition coefficient (Wildman–Crippen LogP) is 3.90. The van der Waals surface area contributed by atoms with Gasteiger partial charge in [0.05, 0.1) is 11.7 Å². The smallest absolute Gasteiger partial charge is 0.227 e. The van der Waals surface area contributed by atoms with E-state index in [4.69, 9.17) is 9.51 Å². The lowest BCUT2D eigenvalue weighted by molar-refractivity contribution is 0.362. The van der Waals surface area contributed by atoms with Crippen LogP contribution in [0.1, 0.15) is 37.3 Å². The van der Waals surface area contributed by atoms with E-state index in [1.54, 1.807) is 12.4 Å². The highest BCUT2D eigenvalue weighted by Gasteiger charge is 2.31. The van der Waals surface area contributed by atoms with Crippen LogP contribution in [-0.2, 0) is 6.42 Å². The largest absolute Gasteiger partial charge is 0.358 e. The Morgan fingerprint density at radius 3 is 2.93 bits per heavy atom. The quantitative estimate of drug-likeness (QED) is 0.500. The van der Waals surface area contributed by atoms with Gasteiger partial charge < -0.3 is 14.7 Å². The van der Waals surface area contributed by atoms with Gasteiger partial charge in [0.15, 0.2) is 11.6 Å². The van der Waals surface area contributed by atoms with Crippen LogP contribution in [0.5, 0.6) is 0 Å². The Kier molecular flexibility index (Phi) is 4.84. The molecule has 1 saturated heterocycles. The van der Waals surface area contributed by atoms with Crippen molar-refractivity contribution in [3.8, 4) is 11.4 Å². The Morgan fingerprint density at radius 2 is 2.10 bits per heavy atom. The van der Waals surface area contributed by atoms with Gasteiger partial charge in [-0.3, -0.25) is 10.1 Å². The fourth-order valence-corrected chi connectivity index (χ4v) is 3.68. The van der Waals surface area contributed by atoms with Crippen LogP contribution in [0.25, 0.3) is 11.4 Å². The first-order valence-corrected chi connectivity index (χ1v) is 10.1. The third-order valence-corrected chi connectivity index (χ3v) is 5.20. The summed E-state index contributed by atoms with van der Waals surface area (Å²) in [5.74, 6) is 2.90. The van der Waals surface area contributed by atoms with E-state index in [1.165, 1.54) is 0 Å². The van der Waals surface area contributed by atoms with Gasteiger partial charge >= 0.3 is 0 Å². The van der Waals surface area contributed by atoms with Gasteiger partial charge in [-0.25, -0.2) is 4.98 Å². The molecular weight excluding hydrogens is 380 g/mol. The van der Waals surface area contributed by atoms with Crippen molar-refractivity contribution in [2.75, 3.05) is 16.8 Å². The van der Waals surface area contributed by atoms with Crippen LogP contribution in [0.15, 0.2) is 53.3 Å². The molecule has 1 aliphatic rings. The minimum atomic E-state index is 0.0438. The molecular formula is C21H22N8O. The molecule has 0 aliphatic carbocycles. The molecule has 0 radical (unpaired) electrons. The molecule has 0 amide bonds. The first-order valence-electron chi connectivity index (χ1n) is 10.1. The Hall–Kier alpha value is -3.75. The van der Waals surface area contributed by atoms with Crippen molar-refractivity contribution in [1.82, 2.24) is 30.3 Å². The molecule has 5 heterocycles. The van der Waals surface area contributed by atoms with Gasteiger partial charge in [-0.05, 0) is 37.5 Å². The topological polar surface area (TPSA) is 109 Å². The molecule has 1 atom stereocenters. The first kappa shape index (κ1) is 18.3. The minimum Gasteiger partial charge on any atom is -0.358 e. The summed E-state index contributed by atoms with van der Waals surface area (Å²) in [5, 5.41) is 14.7. The first-order chi connectivity index (χ1) is 14.8. The second-order valence-corrected chi connectivity index (χ2v) is 7.18. The fourth-order valence-electron chi connectivity index (χ4n) is 3.68. The van der Waals surface area contributed by atoms with Gasteiger partial charge in [-0.15, -0.1) is 0 Å². The number of hydrogen-bond acceptors (Lipinski definition) is 8. The number of pyridine rings is 1. The van der Waals surface area contributed by atoms with Crippen molar-refractivity contribution in [3.05, 3.63) is 60.2 Å².